The summed E-state index contributed by atoms with van der Waals surface area (Å²) >= 11 is 0. The van der Waals surface area contributed by atoms with Gasteiger partial charge >= 0.3 is 0 Å². The van der Waals surface area contributed by atoms with Gasteiger partial charge in [-0.1, -0.05) is 63.2 Å². The Hall–Kier alpha value is -3.33. The number of ketones is 1. The second kappa shape index (κ2) is 11.2. The molecule has 0 fully saturated rings. The van der Waals surface area contributed by atoms with Crippen molar-refractivity contribution < 1.29 is 9.53 Å². The van der Waals surface area contributed by atoms with Crippen LogP contribution in [0.25, 0.3) is 5.57 Å². The number of allylic oxidation sites excluding steroid dienone is 1. The third-order valence-electron chi connectivity index (χ3n) is 6.30. The maximum atomic E-state index is 13.0. The molecule has 0 spiro atoms. The van der Waals surface area contributed by atoms with Crippen molar-refractivity contribution >= 4 is 17.0 Å². The van der Waals surface area contributed by atoms with Crippen molar-refractivity contribution in [1.29, 1.82) is 0 Å². The van der Waals surface area contributed by atoms with Crippen LogP contribution in [0.15, 0.2) is 79.0 Å². The van der Waals surface area contributed by atoms with Crippen LogP contribution in [0.1, 0.15) is 67.1 Å². The fourth-order valence-electron chi connectivity index (χ4n) is 4.43. The summed E-state index contributed by atoms with van der Waals surface area (Å²) in [5, 5.41) is 4.35. The molecule has 1 aliphatic rings. The van der Waals surface area contributed by atoms with E-state index in [0.717, 1.165) is 49.1 Å². The lowest BCUT2D eigenvalue weighted by atomic mass is 9.98. The van der Waals surface area contributed by atoms with Gasteiger partial charge in [0.05, 0.1) is 17.4 Å². The van der Waals surface area contributed by atoms with Crippen LogP contribution in [-0.2, 0) is 12.8 Å². The molecule has 0 saturated heterocycles. The van der Waals surface area contributed by atoms with Gasteiger partial charge in [0.1, 0.15) is 5.75 Å². The molecule has 1 radical (unpaired) electrons. The monoisotopic (exact) mass is 452 g/mol. The molecule has 0 aromatic heterocycles. The van der Waals surface area contributed by atoms with Crippen molar-refractivity contribution in [2.45, 2.75) is 59.0 Å². The van der Waals surface area contributed by atoms with Crippen molar-refractivity contribution in [1.82, 2.24) is 5.32 Å². The smallest absolute Gasteiger partial charge is 0.195 e. The summed E-state index contributed by atoms with van der Waals surface area (Å²) in [6, 6.07) is 24.3. The van der Waals surface area contributed by atoms with Crippen LogP contribution < -0.4 is 10.1 Å². The minimum atomic E-state index is -0.00768. The normalized spacial score (nSPS) is 13.2. The van der Waals surface area contributed by atoms with E-state index in [1.165, 1.54) is 11.1 Å². The number of hydrogen-bond donors (Lipinski definition) is 0. The number of carbonyl (C=O) groups excluding carboxylic acids is 1. The molecule has 0 bridgehead atoms. The number of para-hydroxylation sites is 1. The van der Waals surface area contributed by atoms with Gasteiger partial charge < -0.3 is 4.74 Å². The van der Waals surface area contributed by atoms with Gasteiger partial charge in [0, 0.05) is 17.3 Å². The molecule has 3 aromatic rings. The van der Waals surface area contributed by atoms with Crippen LogP contribution in [0.4, 0.5) is 5.69 Å². The topological polar surface area (TPSA) is 40.4 Å². The zero-order valence-corrected chi connectivity index (χ0v) is 20.5. The second-order valence-electron chi connectivity index (χ2n) is 9.50. The molecule has 0 amide bonds. The molecule has 3 heteroatoms. The van der Waals surface area contributed by atoms with Gasteiger partial charge in [0.15, 0.2) is 5.78 Å². The summed E-state index contributed by atoms with van der Waals surface area (Å²) in [5.41, 5.74) is 5.85. The molecule has 0 aliphatic carbocycles. The number of carbonyl (C=O) groups is 1. The van der Waals surface area contributed by atoms with Gasteiger partial charge in [-0.05, 0) is 79.5 Å². The van der Waals surface area contributed by atoms with E-state index in [-0.39, 0.29) is 11.9 Å². The highest BCUT2D eigenvalue weighted by Gasteiger charge is 2.22. The highest BCUT2D eigenvalue weighted by atomic mass is 16.5. The van der Waals surface area contributed by atoms with Crippen molar-refractivity contribution in [2.24, 2.45) is 5.92 Å². The Balaban J connectivity index is 1.28. The van der Waals surface area contributed by atoms with E-state index in [1.54, 1.807) is 6.20 Å². The van der Waals surface area contributed by atoms with Crippen molar-refractivity contribution in [3.05, 3.63) is 101 Å². The summed E-state index contributed by atoms with van der Waals surface area (Å²) in [6.45, 7) is 6.68. The average molecular weight is 453 g/mol. The summed E-state index contributed by atoms with van der Waals surface area (Å²) in [6.07, 6.45) is 7.10. The fourth-order valence-corrected chi connectivity index (χ4v) is 4.43. The summed E-state index contributed by atoms with van der Waals surface area (Å²) < 4.78 is 6.24. The van der Waals surface area contributed by atoms with E-state index in [2.05, 4.69) is 50.4 Å². The molecule has 1 aliphatic heterocycles. The van der Waals surface area contributed by atoms with Crippen LogP contribution in [0.3, 0.4) is 0 Å². The number of rotatable bonds is 11. The molecule has 3 aromatic carbocycles. The van der Waals surface area contributed by atoms with E-state index < -0.39 is 0 Å². The SMILES string of the molecule is CCC(CCCc1ccc(CC(C)C)cc1)Oc1ccc(C(=O)C2=C[N]c3ccccc32)cc1. The van der Waals surface area contributed by atoms with Crippen LogP contribution in [0, 0.1) is 5.92 Å². The van der Waals surface area contributed by atoms with Crippen molar-refractivity contribution in [3.63, 3.8) is 0 Å². The Morgan fingerprint density at radius 1 is 0.912 bits per heavy atom. The Bertz CT molecular complexity index is 1130. The first kappa shape index (κ1) is 23.8. The zero-order chi connectivity index (χ0) is 23.9. The molecule has 3 nitrogen and oxygen atoms in total. The standard InChI is InChI=1S/C31H34NO2/c1-4-26(9-7-8-23-12-14-24(15-13-23)20-22(2)3)34-27-18-16-25(17-19-27)31(33)29-21-32-30-11-6-5-10-28(29)30/h5-6,10-19,21-22,26H,4,7-9,20H2,1-3H3. The van der Waals surface area contributed by atoms with E-state index >= 15 is 0 Å². The molecular formula is C31H34NO2. The Morgan fingerprint density at radius 3 is 2.32 bits per heavy atom. The highest BCUT2D eigenvalue weighted by molar-refractivity contribution is 6.30. The predicted octanol–water partition coefficient (Wildman–Crippen LogP) is 7.54. The van der Waals surface area contributed by atoms with E-state index in [4.69, 9.17) is 4.74 Å². The number of Topliss-reactive ketones (excluding diaryl/α,β-unsaturated/α-hetero) is 1. The first-order valence-electron chi connectivity index (χ1n) is 12.4. The van der Waals surface area contributed by atoms with Gasteiger partial charge in [-0.3, -0.25) is 10.1 Å². The molecule has 1 atom stereocenters. The first-order valence-corrected chi connectivity index (χ1v) is 12.4. The van der Waals surface area contributed by atoms with Gasteiger partial charge in [0.25, 0.3) is 0 Å². The van der Waals surface area contributed by atoms with Gasteiger partial charge in [-0.15, -0.1) is 0 Å². The van der Waals surface area contributed by atoms with Gasteiger partial charge in [-0.25, -0.2) is 0 Å². The summed E-state index contributed by atoms with van der Waals surface area (Å²) in [7, 11) is 0. The Morgan fingerprint density at radius 2 is 1.62 bits per heavy atom. The second-order valence-corrected chi connectivity index (χ2v) is 9.50. The minimum absolute atomic E-state index is 0.00768. The molecule has 0 N–H and O–H groups in total. The molecule has 175 valence electrons. The number of aryl methyl sites for hydroxylation is 1. The zero-order valence-electron chi connectivity index (χ0n) is 20.5. The first-order chi connectivity index (χ1) is 16.5. The summed E-state index contributed by atoms with van der Waals surface area (Å²) in [4.78, 5) is 13.0. The van der Waals surface area contributed by atoms with Gasteiger partial charge in [-0.2, -0.15) is 0 Å². The number of benzene rings is 3. The Kier molecular flexibility index (Phi) is 7.84. The number of ether oxygens (including phenoxy) is 1. The lowest BCUT2D eigenvalue weighted by molar-refractivity contribution is 0.105. The van der Waals surface area contributed by atoms with E-state index in [1.807, 2.05) is 48.5 Å². The van der Waals surface area contributed by atoms with E-state index in [0.29, 0.717) is 17.1 Å². The Labute approximate surface area is 203 Å². The van der Waals surface area contributed by atoms with Crippen molar-refractivity contribution in [3.8, 4) is 5.75 Å². The lowest BCUT2D eigenvalue weighted by Crippen LogP contribution is -2.15. The van der Waals surface area contributed by atoms with Crippen LogP contribution in [-0.4, -0.2) is 11.9 Å². The quantitative estimate of drug-likeness (QED) is 0.282. The molecular weight excluding hydrogens is 418 g/mol. The van der Waals surface area contributed by atoms with Crippen LogP contribution in [0.5, 0.6) is 5.75 Å². The maximum Gasteiger partial charge on any atom is 0.195 e. The number of nitrogens with zero attached hydrogens (tertiary/aromatic N) is 1. The minimum Gasteiger partial charge on any atom is -0.490 e. The third kappa shape index (κ3) is 5.96. The predicted molar refractivity (Wildman–Crippen MR) is 140 cm³/mol. The molecule has 4 rings (SSSR count). The molecule has 34 heavy (non-hydrogen) atoms. The largest absolute Gasteiger partial charge is 0.490 e. The molecule has 1 unspecified atom stereocenters. The van der Waals surface area contributed by atoms with Crippen LogP contribution in [0.2, 0.25) is 0 Å². The van der Waals surface area contributed by atoms with E-state index in [9.17, 15) is 4.79 Å². The molecule has 1 heterocycles. The van der Waals surface area contributed by atoms with Crippen LogP contribution >= 0.6 is 0 Å². The van der Waals surface area contributed by atoms with Gasteiger partial charge in [0.2, 0.25) is 0 Å². The highest BCUT2D eigenvalue weighted by Crippen LogP contribution is 2.32. The number of fused-ring (bicyclic) bond motifs is 1. The third-order valence-corrected chi connectivity index (χ3v) is 6.30. The fraction of sp³-hybridized carbons (Fsp3) is 0.323. The number of hydrogen-bond acceptors (Lipinski definition) is 2. The molecule has 0 saturated carbocycles. The lowest BCUT2D eigenvalue weighted by Gasteiger charge is -2.18. The summed E-state index contributed by atoms with van der Waals surface area (Å²) in [5.74, 6) is 1.49. The average Bonchev–Trinajstić information content (AvgIpc) is 3.28. The maximum absolute atomic E-state index is 13.0. The van der Waals surface area contributed by atoms with Crippen molar-refractivity contribution in [2.75, 3.05) is 0 Å².